The summed E-state index contributed by atoms with van der Waals surface area (Å²) in [6, 6.07) is 9.68. The number of carbonyl (C=O) groups is 1. The molecule has 190 valence electrons. The van der Waals surface area contributed by atoms with Crippen molar-refractivity contribution in [3.63, 3.8) is 0 Å². The van der Waals surface area contributed by atoms with Crippen molar-refractivity contribution in [1.82, 2.24) is 9.78 Å². The topological polar surface area (TPSA) is 82.2 Å². The van der Waals surface area contributed by atoms with E-state index >= 15 is 0 Å². The molecule has 1 amide bonds. The van der Waals surface area contributed by atoms with Crippen LogP contribution in [0.4, 0.5) is 5.69 Å². The molecule has 2 aliphatic rings. The molecule has 0 bridgehead atoms. The van der Waals surface area contributed by atoms with Crippen LogP contribution in [0.1, 0.15) is 44.0 Å². The lowest BCUT2D eigenvalue weighted by Crippen LogP contribution is -2.22. The van der Waals surface area contributed by atoms with E-state index in [4.69, 9.17) is 10.5 Å². The Morgan fingerprint density at radius 3 is 2.29 bits per heavy atom. The third kappa shape index (κ3) is 8.52. The summed E-state index contributed by atoms with van der Waals surface area (Å²) >= 11 is 0. The van der Waals surface area contributed by atoms with Gasteiger partial charge in [-0.3, -0.25) is 4.79 Å². The number of aryl methyl sites for hydroxylation is 1. The van der Waals surface area contributed by atoms with E-state index in [0.717, 1.165) is 52.7 Å². The van der Waals surface area contributed by atoms with E-state index in [9.17, 15) is 4.79 Å². The van der Waals surface area contributed by atoms with Crippen molar-refractivity contribution < 1.29 is 9.53 Å². The van der Waals surface area contributed by atoms with Gasteiger partial charge in [0.1, 0.15) is 6.73 Å². The molecule has 3 N–H and O–H groups in total. The van der Waals surface area contributed by atoms with Gasteiger partial charge in [-0.25, -0.2) is 4.68 Å². The van der Waals surface area contributed by atoms with Gasteiger partial charge in [-0.2, -0.15) is 5.10 Å². The van der Waals surface area contributed by atoms with Crippen molar-refractivity contribution in [2.24, 2.45) is 17.6 Å². The van der Waals surface area contributed by atoms with Crippen LogP contribution in [-0.2, 0) is 16.3 Å². The SMILES string of the molecule is CCC(=O)Nc1ccc(-c2c(C)nn(COCC[Si](C)(C)C)c2C)cc1.Cl.N[C@H]1CC1C1CC1. The molecule has 34 heavy (non-hydrogen) atoms. The van der Waals surface area contributed by atoms with E-state index in [1.54, 1.807) is 0 Å². The number of halogens is 1. The summed E-state index contributed by atoms with van der Waals surface area (Å²) in [5.74, 6) is 2.04. The van der Waals surface area contributed by atoms with Gasteiger partial charge < -0.3 is 15.8 Å². The molecule has 2 atom stereocenters. The lowest BCUT2D eigenvalue weighted by molar-refractivity contribution is -0.115. The molecular weight excluding hydrogens is 464 g/mol. The van der Waals surface area contributed by atoms with Crippen LogP contribution in [-0.4, -0.2) is 36.4 Å². The van der Waals surface area contributed by atoms with Gasteiger partial charge in [0.25, 0.3) is 0 Å². The fraction of sp³-hybridized carbons (Fsp3) is 0.615. The first-order chi connectivity index (χ1) is 15.6. The Morgan fingerprint density at radius 1 is 1.21 bits per heavy atom. The summed E-state index contributed by atoms with van der Waals surface area (Å²) in [6.07, 6.45) is 4.74. The smallest absolute Gasteiger partial charge is 0.224 e. The largest absolute Gasteiger partial charge is 0.360 e. The molecule has 2 aromatic rings. The average Bonchev–Trinajstić information content (AvgIpc) is 3.67. The normalized spacial score (nSPS) is 19.0. The van der Waals surface area contributed by atoms with Crippen LogP contribution in [0.2, 0.25) is 25.7 Å². The van der Waals surface area contributed by atoms with Crippen molar-refractivity contribution in [2.75, 3.05) is 11.9 Å². The van der Waals surface area contributed by atoms with E-state index in [-0.39, 0.29) is 18.3 Å². The van der Waals surface area contributed by atoms with Gasteiger partial charge in [0.05, 0.1) is 5.69 Å². The van der Waals surface area contributed by atoms with Crippen LogP contribution in [0.3, 0.4) is 0 Å². The molecule has 2 fully saturated rings. The molecule has 8 heteroatoms. The number of ether oxygens (including phenoxy) is 1. The lowest BCUT2D eigenvalue weighted by atomic mass is 10.0. The highest BCUT2D eigenvalue weighted by Crippen LogP contribution is 2.48. The van der Waals surface area contributed by atoms with E-state index < -0.39 is 8.07 Å². The summed E-state index contributed by atoms with van der Waals surface area (Å²) in [5.41, 5.74) is 10.7. The number of amides is 1. The Morgan fingerprint density at radius 2 is 1.82 bits per heavy atom. The highest BCUT2D eigenvalue weighted by Gasteiger charge is 2.45. The molecule has 2 aliphatic carbocycles. The molecular formula is C26H43ClN4O2Si. The first-order valence-electron chi connectivity index (χ1n) is 12.4. The summed E-state index contributed by atoms with van der Waals surface area (Å²) in [6.45, 7) is 14.3. The molecule has 0 radical (unpaired) electrons. The number of nitrogens with one attached hydrogen (secondary N) is 1. The molecule has 4 rings (SSSR count). The third-order valence-electron chi connectivity index (χ3n) is 6.49. The van der Waals surface area contributed by atoms with Gasteiger partial charge in [-0.1, -0.05) is 38.7 Å². The fourth-order valence-corrected chi connectivity index (χ4v) is 4.80. The van der Waals surface area contributed by atoms with Crippen LogP contribution in [0.5, 0.6) is 0 Å². The summed E-state index contributed by atoms with van der Waals surface area (Å²) in [5, 5.41) is 7.51. The predicted molar refractivity (Wildman–Crippen MR) is 146 cm³/mol. The zero-order valence-corrected chi connectivity index (χ0v) is 23.5. The van der Waals surface area contributed by atoms with E-state index in [0.29, 0.717) is 19.2 Å². The van der Waals surface area contributed by atoms with Crippen molar-refractivity contribution in [1.29, 1.82) is 0 Å². The molecule has 0 aliphatic heterocycles. The van der Waals surface area contributed by atoms with Crippen molar-refractivity contribution in [3.05, 3.63) is 35.7 Å². The number of nitrogens with zero attached hydrogens (tertiary/aromatic N) is 2. The lowest BCUT2D eigenvalue weighted by Gasteiger charge is -2.15. The average molecular weight is 507 g/mol. The minimum Gasteiger partial charge on any atom is -0.360 e. The molecule has 1 aromatic carbocycles. The molecule has 1 heterocycles. The molecule has 1 aromatic heterocycles. The van der Waals surface area contributed by atoms with Crippen LogP contribution < -0.4 is 11.1 Å². The highest BCUT2D eigenvalue weighted by atomic mass is 35.5. The number of rotatable bonds is 9. The standard InChI is InChI=1S/C20H31N3O2Si.C6H11N.ClH/c1-7-19(24)21-18-10-8-17(9-11-18)20-15(2)22-23(16(20)3)14-25-12-13-26(4,5)6;7-6-3-5(6)4-1-2-4;/h8-11H,7,12-14H2,1-6H3,(H,21,24);4-6H,1-3,7H2;1H/t;5?,6-;/m.0./s1. The van der Waals surface area contributed by atoms with Crippen molar-refractivity contribution in [2.45, 2.75) is 84.9 Å². The predicted octanol–water partition coefficient (Wildman–Crippen LogP) is 5.99. The number of benzene rings is 1. The zero-order valence-electron chi connectivity index (χ0n) is 21.7. The maximum Gasteiger partial charge on any atom is 0.224 e. The number of nitrogens with two attached hydrogens (primary N) is 1. The van der Waals surface area contributed by atoms with Crippen LogP contribution in [0, 0.1) is 25.7 Å². The highest BCUT2D eigenvalue weighted by molar-refractivity contribution is 6.76. The third-order valence-corrected chi connectivity index (χ3v) is 8.19. The number of anilines is 1. The Balaban J connectivity index is 0.000000428. The number of carbonyl (C=O) groups excluding carboxylic acids is 1. The Bertz CT molecular complexity index is 936. The van der Waals surface area contributed by atoms with E-state index in [2.05, 4.69) is 37.0 Å². The van der Waals surface area contributed by atoms with Gasteiger partial charge in [0, 0.05) is 44.1 Å². The van der Waals surface area contributed by atoms with Gasteiger partial charge in [-0.15, -0.1) is 12.4 Å². The second-order valence-corrected chi connectivity index (χ2v) is 16.4. The van der Waals surface area contributed by atoms with Crippen molar-refractivity contribution >= 4 is 32.1 Å². The second kappa shape index (κ2) is 12.3. The molecule has 0 saturated heterocycles. The van der Waals surface area contributed by atoms with Gasteiger partial charge in [0.2, 0.25) is 5.91 Å². The molecule has 1 unspecified atom stereocenters. The summed E-state index contributed by atoms with van der Waals surface area (Å²) in [7, 11) is -1.07. The maximum absolute atomic E-state index is 11.5. The maximum atomic E-state index is 11.5. The number of hydrogen-bond acceptors (Lipinski definition) is 4. The minimum atomic E-state index is -1.07. The fourth-order valence-electron chi connectivity index (χ4n) is 4.04. The summed E-state index contributed by atoms with van der Waals surface area (Å²) < 4.78 is 7.78. The second-order valence-electron chi connectivity index (χ2n) is 10.8. The quantitative estimate of drug-likeness (QED) is 0.323. The van der Waals surface area contributed by atoms with Crippen LogP contribution in [0.25, 0.3) is 11.1 Å². The van der Waals surface area contributed by atoms with Crippen LogP contribution >= 0.6 is 12.4 Å². The van der Waals surface area contributed by atoms with E-state index in [1.807, 2.05) is 42.8 Å². The molecule has 6 nitrogen and oxygen atoms in total. The van der Waals surface area contributed by atoms with Gasteiger partial charge in [0.15, 0.2) is 0 Å². The Hall–Kier alpha value is -1.67. The number of hydrogen-bond donors (Lipinski definition) is 2. The Labute approximate surface area is 212 Å². The zero-order chi connectivity index (χ0) is 24.2. The van der Waals surface area contributed by atoms with Crippen LogP contribution in [0.15, 0.2) is 24.3 Å². The first kappa shape index (κ1) is 28.6. The van der Waals surface area contributed by atoms with Crippen molar-refractivity contribution in [3.8, 4) is 11.1 Å². The minimum absolute atomic E-state index is 0. The number of aromatic nitrogens is 2. The molecule has 0 spiro atoms. The van der Waals surface area contributed by atoms with Gasteiger partial charge in [-0.05, 0) is 68.7 Å². The Kier molecular flexibility index (Phi) is 10.4. The van der Waals surface area contributed by atoms with Gasteiger partial charge >= 0.3 is 0 Å². The summed E-state index contributed by atoms with van der Waals surface area (Å²) in [4.78, 5) is 11.5. The van der Waals surface area contributed by atoms with E-state index in [1.165, 1.54) is 19.3 Å². The monoisotopic (exact) mass is 506 g/mol. The molecule has 2 saturated carbocycles. The first-order valence-corrected chi connectivity index (χ1v) is 16.1.